The predicted molar refractivity (Wildman–Crippen MR) is 134 cm³/mol. The van der Waals surface area contributed by atoms with Crippen molar-refractivity contribution in [2.75, 3.05) is 44.7 Å². The van der Waals surface area contributed by atoms with Crippen LogP contribution in [-0.4, -0.2) is 72.4 Å². The monoisotopic (exact) mass is 519 g/mol. The zero-order chi connectivity index (χ0) is 25.5. The van der Waals surface area contributed by atoms with Crippen molar-refractivity contribution in [2.45, 2.75) is 4.90 Å². The highest BCUT2D eigenvalue weighted by atomic mass is 35.5. The summed E-state index contributed by atoms with van der Waals surface area (Å²) in [5.41, 5.74) is 0.255. The van der Waals surface area contributed by atoms with Crippen LogP contribution in [0.5, 0.6) is 0 Å². The molecule has 1 aromatic heterocycles. The van der Waals surface area contributed by atoms with E-state index in [2.05, 4.69) is 4.90 Å². The van der Waals surface area contributed by atoms with E-state index in [9.17, 15) is 22.8 Å². The molecule has 0 N–H and O–H groups in total. The number of carbonyl (C=O) groups is 1. The van der Waals surface area contributed by atoms with Crippen LogP contribution in [0.15, 0.2) is 56.9 Å². The van der Waals surface area contributed by atoms with E-state index in [0.717, 1.165) is 14.6 Å². The maximum Gasteiger partial charge on any atom is 0.330 e. The molecular weight excluding hydrogens is 494 g/mol. The van der Waals surface area contributed by atoms with Crippen molar-refractivity contribution >= 4 is 44.1 Å². The number of nitrogens with zero attached hydrogens (tertiary/aromatic N) is 5. The number of halogens is 1. The van der Waals surface area contributed by atoms with Gasteiger partial charge in [-0.1, -0.05) is 11.6 Å². The number of anilines is 1. The van der Waals surface area contributed by atoms with E-state index >= 15 is 0 Å². The Kier molecular flexibility index (Phi) is 6.76. The van der Waals surface area contributed by atoms with Gasteiger partial charge in [0.05, 0.1) is 22.3 Å². The molecule has 1 aliphatic heterocycles. The highest BCUT2D eigenvalue weighted by Gasteiger charge is 2.28. The van der Waals surface area contributed by atoms with Gasteiger partial charge in [0.2, 0.25) is 15.9 Å². The lowest BCUT2D eigenvalue weighted by molar-refractivity contribution is -0.131. The zero-order valence-corrected chi connectivity index (χ0v) is 21.2. The van der Waals surface area contributed by atoms with E-state index in [1.165, 1.54) is 43.9 Å². The second-order valence-electron chi connectivity index (χ2n) is 8.49. The summed E-state index contributed by atoms with van der Waals surface area (Å²) in [6.07, 6.45) is 0. The number of amides is 1. The molecule has 4 rings (SSSR count). The fourth-order valence-corrected chi connectivity index (χ4v) is 5.43. The van der Waals surface area contributed by atoms with E-state index in [-0.39, 0.29) is 22.7 Å². The minimum Gasteiger partial charge on any atom is -0.368 e. The minimum absolute atomic E-state index is 0.105. The van der Waals surface area contributed by atoms with Crippen molar-refractivity contribution in [1.29, 1.82) is 0 Å². The van der Waals surface area contributed by atoms with Gasteiger partial charge in [0.1, 0.15) is 0 Å². The molecule has 2 heterocycles. The molecule has 1 saturated heterocycles. The fraction of sp³-hybridized carbons (Fsp3) is 0.348. The molecule has 0 unspecified atom stereocenters. The summed E-state index contributed by atoms with van der Waals surface area (Å²) < 4.78 is 29.5. The Morgan fingerprint density at radius 2 is 1.60 bits per heavy atom. The number of benzene rings is 2. The molecule has 186 valence electrons. The summed E-state index contributed by atoms with van der Waals surface area (Å²) in [6, 6.07) is 11.5. The van der Waals surface area contributed by atoms with Crippen molar-refractivity contribution in [3.63, 3.8) is 0 Å². The lowest BCUT2D eigenvalue weighted by Crippen LogP contribution is -2.51. The summed E-state index contributed by atoms with van der Waals surface area (Å²) in [4.78, 5) is 41.2. The maximum absolute atomic E-state index is 13.2. The van der Waals surface area contributed by atoms with Crippen LogP contribution < -0.4 is 16.1 Å². The van der Waals surface area contributed by atoms with Gasteiger partial charge in [-0.2, -0.15) is 4.31 Å². The highest BCUT2D eigenvalue weighted by Crippen LogP contribution is 2.21. The Balaban J connectivity index is 1.47. The van der Waals surface area contributed by atoms with Gasteiger partial charge in [0.15, 0.2) is 0 Å². The highest BCUT2D eigenvalue weighted by molar-refractivity contribution is 7.89. The molecule has 3 aromatic rings. The van der Waals surface area contributed by atoms with Gasteiger partial charge in [-0.3, -0.25) is 18.7 Å². The third-order valence-electron chi connectivity index (χ3n) is 6.33. The summed E-state index contributed by atoms with van der Waals surface area (Å²) in [5, 5.41) is 0.761. The molecule has 10 nitrogen and oxygen atoms in total. The fourth-order valence-electron chi connectivity index (χ4n) is 4.16. The number of piperazine rings is 1. The van der Waals surface area contributed by atoms with Crippen molar-refractivity contribution in [2.24, 2.45) is 14.1 Å². The van der Waals surface area contributed by atoms with Gasteiger partial charge < -0.3 is 9.80 Å². The van der Waals surface area contributed by atoms with E-state index in [0.29, 0.717) is 36.7 Å². The number of hydrogen-bond donors (Lipinski definition) is 0. The van der Waals surface area contributed by atoms with E-state index in [1.807, 2.05) is 24.3 Å². The van der Waals surface area contributed by atoms with Gasteiger partial charge >= 0.3 is 5.69 Å². The van der Waals surface area contributed by atoms with Crippen LogP contribution >= 0.6 is 11.6 Å². The Hall–Kier alpha value is -3.15. The number of rotatable bonds is 5. The normalized spacial score (nSPS) is 14.7. The predicted octanol–water partition coefficient (Wildman–Crippen LogP) is 0.860. The quantitative estimate of drug-likeness (QED) is 0.495. The Morgan fingerprint density at radius 3 is 2.23 bits per heavy atom. The van der Waals surface area contributed by atoms with Crippen molar-refractivity contribution in [3.05, 3.63) is 68.3 Å². The number of carbonyl (C=O) groups excluding carboxylic acids is 1. The van der Waals surface area contributed by atoms with Gasteiger partial charge in [-0.15, -0.1) is 0 Å². The van der Waals surface area contributed by atoms with Crippen LogP contribution in [-0.2, 0) is 28.9 Å². The number of sulfonamides is 1. The molecule has 0 atom stereocenters. The number of fused-ring (bicyclic) bond motifs is 1. The molecule has 35 heavy (non-hydrogen) atoms. The molecule has 1 fully saturated rings. The lowest BCUT2D eigenvalue weighted by Gasteiger charge is -2.36. The van der Waals surface area contributed by atoms with Gasteiger partial charge in [-0.25, -0.2) is 13.2 Å². The van der Waals surface area contributed by atoms with Crippen LogP contribution in [0.2, 0.25) is 5.02 Å². The number of likely N-dealkylation sites (N-methyl/N-ethyl adjacent to an activating group) is 1. The second kappa shape index (κ2) is 9.48. The Labute approximate surface area is 207 Å². The van der Waals surface area contributed by atoms with Crippen molar-refractivity contribution < 1.29 is 13.2 Å². The molecule has 1 aliphatic rings. The van der Waals surface area contributed by atoms with E-state index < -0.39 is 21.3 Å². The van der Waals surface area contributed by atoms with Gasteiger partial charge in [0.25, 0.3) is 5.56 Å². The van der Waals surface area contributed by atoms with Crippen molar-refractivity contribution in [1.82, 2.24) is 18.3 Å². The summed E-state index contributed by atoms with van der Waals surface area (Å²) in [6.45, 7) is 1.85. The molecule has 0 bridgehead atoms. The molecule has 12 heteroatoms. The minimum atomic E-state index is -4.05. The van der Waals surface area contributed by atoms with Gasteiger partial charge in [-0.05, 0) is 42.5 Å². The van der Waals surface area contributed by atoms with E-state index in [1.54, 1.807) is 4.90 Å². The average molecular weight is 520 g/mol. The molecule has 0 aliphatic carbocycles. The van der Waals surface area contributed by atoms with Crippen LogP contribution in [0.1, 0.15) is 0 Å². The number of hydrogen-bond acceptors (Lipinski definition) is 6. The van der Waals surface area contributed by atoms with Crippen LogP contribution in [0.3, 0.4) is 0 Å². The van der Waals surface area contributed by atoms with Crippen LogP contribution in [0.4, 0.5) is 5.69 Å². The topological polar surface area (TPSA) is 105 Å². The first-order valence-electron chi connectivity index (χ1n) is 10.9. The lowest BCUT2D eigenvalue weighted by atomic mass is 10.2. The summed E-state index contributed by atoms with van der Waals surface area (Å²) in [7, 11) is 0.132. The first-order valence-corrected chi connectivity index (χ1v) is 12.8. The number of aryl methyl sites for hydroxylation is 1. The van der Waals surface area contributed by atoms with Crippen molar-refractivity contribution in [3.8, 4) is 0 Å². The first-order chi connectivity index (χ1) is 16.5. The SMILES string of the molecule is CN(CC(=O)N1CCN(c2ccc(Cl)cc2)CC1)S(=O)(=O)c1ccc2c(c1)c(=O)n(C)c(=O)n2C. The smallest absolute Gasteiger partial charge is 0.330 e. The maximum atomic E-state index is 13.2. The standard InChI is InChI=1S/C23H26ClN5O5S/c1-25(15-21(30)29-12-10-28(11-13-29)17-6-4-16(24)5-7-17)35(33,34)18-8-9-20-19(14-18)22(31)27(3)23(32)26(20)2/h4-9,14H,10-13,15H2,1-3H3. The number of aromatic nitrogens is 2. The first kappa shape index (κ1) is 25.0. The summed E-state index contributed by atoms with van der Waals surface area (Å²) >= 11 is 5.95. The molecule has 0 saturated carbocycles. The van der Waals surface area contributed by atoms with Crippen LogP contribution in [0.25, 0.3) is 10.9 Å². The van der Waals surface area contributed by atoms with E-state index in [4.69, 9.17) is 11.6 Å². The average Bonchev–Trinajstić information content (AvgIpc) is 2.86. The molecular formula is C23H26ClN5O5S. The molecule has 2 aromatic carbocycles. The Bertz CT molecular complexity index is 1510. The van der Waals surface area contributed by atoms with Crippen LogP contribution in [0, 0.1) is 0 Å². The zero-order valence-electron chi connectivity index (χ0n) is 19.6. The van der Waals surface area contributed by atoms with Gasteiger partial charge in [0, 0.05) is 58.0 Å². The third-order valence-corrected chi connectivity index (χ3v) is 8.38. The molecule has 1 amide bonds. The second-order valence-corrected chi connectivity index (χ2v) is 11.0. The molecule has 0 radical (unpaired) electrons. The molecule has 0 spiro atoms. The Morgan fingerprint density at radius 1 is 0.971 bits per heavy atom. The summed E-state index contributed by atoms with van der Waals surface area (Å²) in [5.74, 6) is -0.300. The largest absolute Gasteiger partial charge is 0.368 e. The third kappa shape index (κ3) is 4.71.